The lowest BCUT2D eigenvalue weighted by Gasteiger charge is -2.26. The average Bonchev–Trinajstić information content (AvgIpc) is 3.08. The molecule has 0 radical (unpaired) electrons. The summed E-state index contributed by atoms with van der Waals surface area (Å²) in [5.41, 5.74) is 1.99. The summed E-state index contributed by atoms with van der Waals surface area (Å²) in [5, 5.41) is 11.3. The van der Waals surface area contributed by atoms with Gasteiger partial charge in [0.1, 0.15) is 17.3 Å². The molecule has 3 rings (SSSR count). The number of rotatable bonds is 9. The molecular weight excluding hydrogens is 436 g/mol. The van der Waals surface area contributed by atoms with E-state index in [0.717, 1.165) is 5.69 Å². The van der Waals surface area contributed by atoms with Crippen molar-refractivity contribution in [2.45, 2.75) is 26.0 Å². The molecule has 1 unspecified atom stereocenters. The molecule has 1 amide bonds. The molecule has 8 heteroatoms. The number of aliphatic hydroxyl groups excluding tert-OH is 1. The largest absolute Gasteiger partial charge is 0.507 e. The van der Waals surface area contributed by atoms with Gasteiger partial charge in [-0.15, -0.1) is 0 Å². The molecule has 2 aromatic carbocycles. The Bertz CT molecular complexity index is 1080. The fourth-order valence-electron chi connectivity index (χ4n) is 3.94. The topological polar surface area (TPSA) is 88.5 Å². The third-order valence-electron chi connectivity index (χ3n) is 5.71. The minimum Gasteiger partial charge on any atom is -0.507 e. The van der Waals surface area contributed by atoms with Crippen LogP contribution < -0.4 is 14.4 Å². The van der Waals surface area contributed by atoms with Crippen LogP contribution in [-0.4, -0.2) is 69.3 Å². The van der Waals surface area contributed by atoms with Gasteiger partial charge in [0.2, 0.25) is 0 Å². The van der Waals surface area contributed by atoms with Crippen LogP contribution in [0, 0.1) is 0 Å². The van der Waals surface area contributed by atoms with Gasteiger partial charge >= 0.3 is 0 Å². The molecule has 0 bridgehead atoms. The molecule has 182 valence electrons. The Morgan fingerprint density at radius 1 is 1.06 bits per heavy atom. The van der Waals surface area contributed by atoms with Crippen LogP contribution in [0.4, 0.5) is 5.69 Å². The monoisotopic (exact) mass is 468 g/mol. The number of hydrogen-bond donors (Lipinski definition) is 1. The van der Waals surface area contributed by atoms with Gasteiger partial charge in [-0.2, -0.15) is 0 Å². The van der Waals surface area contributed by atoms with Crippen LogP contribution in [-0.2, 0) is 14.3 Å². The first kappa shape index (κ1) is 25.1. The van der Waals surface area contributed by atoms with Gasteiger partial charge in [0.25, 0.3) is 11.7 Å². The highest BCUT2D eigenvalue weighted by Crippen LogP contribution is 2.41. The van der Waals surface area contributed by atoms with Gasteiger partial charge in [0.05, 0.1) is 44.1 Å². The van der Waals surface area contributed by atoms with Gasteiger partial charge in [-0.3, -0.25) is 9.59 Å². The predicted octanol–water partition coefficient (Wildman–Crippen LogP) is 3.62. The minimum absolute atomic E-state index is 0.00983. The smallest absolute Gasteiger partial charge is 0.295 e. The molecule has 1 aliphatic heterocycles. The van der Waals surface area contributed by atoms with Crippen molar-refractivity contribution in [1.29, 1.82) is 0 Å². The van der Waals surface area contributed by atoms with Crippen LogP contribution in [0.25, 0.3) is 5.76 Å². The van der Waals surface area contributed by atoms with Gasteiger partial charge in [-0.25, -0.2) is 0 Å². The molecule has 0 spiro atoms. The number of aliphatic hydroxyl groups is 1. The lowest BCUT2D eigenvalue weighted by molar-refractivity contribution is -0.140. The number of benzene rings is 2. The number of amides is 1. The van der Waals surface area contributed by atoms with Crippen molar-refractivity contribution in [2.24, 2.45) is 0 Å². The molecule has 1 atom stereocenters. The van der Waals surface area contributed by atoms with Gasteiger partial charge in [-0.1, -0.05) is 12.1 Å². The first-order valence-electron chi connectivity index (χ1n) is 11.1. The normalized spacial score (nSPS) is 17.4. The van der Waals surface area contributed by atoms with E-state index in [1.807, 2.05) is 57.1 Å². The molecule has 1 saturated heterocycles. The maximum atomic E-state index is 13.2. The van der Waals surface area contributed by atoms with Gasteiger partial charge in [0, 0.05) is 32.4 Å². The molecule has 1 fully saturated rings. The molecular formula is C26H32N2O6. The van der Waals surface area contributed by atoms with Crippen LogP contribution in [0.1, 0.15) is 31.0 Å². The highest BCUT2D eigenvalue weighted by atomic mass is 16.5. The Kier molecular flexibility index (Phi) is 7.83. The number of hydrogen-bond acceptors (Lipinski definition) is 7. The zero-order valence-electron chi connectivity index (χ0n) is 20.5. The standard InChI is InChI=1S/C26H32N2O6/c1-16(2)34-14-13-28-23(17-7-9-18(10-8-17)27(3)4)22(25(30)26(28)31)24(29)20-12-11-19(32-5)15-21(20)33-6/h7-12,15-16,23,29H,13-14H2,1-6H3/b24-22-. The number of ketones is 1. The molecule has 8 nitrogen and oxygen atoms in total. The summed E-state index contributed by atoms with van der Waals surface area (Å²) in [6, 6.07) is 11.7. The van der Waals surface area contributed by atoms with Crippen molar-refractivity contribution in [3.8, 4) is 11.5 Å². The number of Topliss-reactive ketones (excluding diaryl/α,β-unsaturated/α-hetero) is 1. The number of ether oxygens (including phenoxy) is 3. The summed E-state index contributed by atoms with van der Waals surface area (Å²) < 4.78 is 16.3. The Balaban J connectivity index is 2.14. The highest BCUT2D eigenvalue weighted by molar-refractivity contribution is 6.46. The molecule has 2 aromatic rings. The molecule has 0 saturated carbocycles. The summed E-state index contributed by atoms with van der Waals surface area (Å²) in [7, 11) is 6.85. The Labute approximate surface area is 200 Å². The van der Waals surface area contributed by atoms with E-state index in [9.17, 15) is 14.7 Å². The molecule has 0 aliphatic carbocycles. The number of likely N-dealkylation sites (tertiary alicyclic amines) is 1. The molecule has 1 aliphatic rings. The highest BCUT2D eigenvalue weighted by Gasteiger charge is 2.46. The van der Waals surface area contributed by atoms with E-state index in [0.29, 0.717) is 22.6 Å². The van der Waals surface area contributed by atoms with Crippen molar-refractivity contribution < 1.29 is 28.9 Å². The maximum absolute atomic E-state index is 13.2. The maximum Gasteiger partial charge on any atom is 0.295 e. The van der Waals surface area contributed by atoms with Gasteiger partial charge < -0.3 is 29.1 Å². The number of anilines is 1. The third-order valence-corrected chi connectivity index (χ3v) is 5.71. The second-order valence-corrected chi connectivity index (χ2v) is 8.46. The first-order valence-corrected chi connectivity index (χ1v) is 11.1. The summed E-state index contributed by atoms with van der Waals surface area (Å²) in [6.45, 7) is 4.28. The fraction of sp³-hybridized carbons (Fsp3) is 0.385. The van der Waals surface area contributed by atoms with Crippen molar-refractivity contribution in [3.63, 3.8) is 0 Å². The molecule has 0 aromatic heterocycles. The number of methoxy groups -OCH3 is 2. The third kappa shape index (κ3) is 5.02. The zero-order chi connectivity index (χ0) is 25.0. The summed E-state index contributed by atoms with van der Waals surface area (Å²) >= 11 is 0. The molecule has 34 heavy (non-hydrogen) atoms. The predicted molar refractivity (Wildman–Crippen MR) is 130 cm³/mol. The Morgan fingerprint density at radius 2 is 1.74 bits per heavy atom. The number of carbonyl (C=O) groups excluding carboxylic acids is 2. The van der Waals surface area contributed by atoms with Gasteiger partial charge in [-0.05, 0) is 43.7 Å². The van der Waals surface area contributed by atoms with E-state index in [4.69, 9.17) is 14.2 Å². The van der Waals surface area contributed by atoms with Crippen molar-refractivity contribution in [1.82, 2.24) is 4.90 Å². The summed E-state index contributed by atoms with van der Waals surface area (Å²) in [5.74, 6) is -0.861. The van der Waals surface area contributed by atoms with Crippen molar-refractivity contribution in [3.05, 3.63) is 59.2 Å². The van der Waals surface area contributed by atoms with Crippen LogP contribution in [0.5, 0.6) is 11.5 Å². The van der Waals surface area contributed by atoms with Crippen LogP contribution in [0.15, 0.2) is 48.0 Å². The first-order chi connectivity index (χ1) is 16.2. The van der Waals surface area contributed by atoms with Crippen molar-refractivity contribution in [2.75, 3.05) is 46.4 Å². The number of carbonyl (C=O) groups is 2. The van der Waals surface area contributed by atoms with E-state index >= 15 is 0 Å². The van der Waals surface area contributed by atoms with Crippen LogP contribution in [0.2, 0.25) is 0 Å². The second-order valence-electron chi connectivity index (χ2n) is 8.46. The van der Waals surface area contributed by atoms with E-state index in [2.05, 4.69) is 0 Å². The average molecular weight is 469 g/mol. The van der Waals surface area contributed by atoms with Crippen LogP contribution in [0.3, 0.4) is 0 Å². The quantitative estimate of drug-likeness (QED) is 0.342. The lowest BCUT2D eigenvalue weighted by Crippen LogP contribution is -2.33. The number of nitrogens with zero attached hydrogens (tertiary/aromatic N) is 2. The molecule has 1 N–H and O–H groups in total. The zero-order valence-corrected chi connectivity index (χ0v) is 20.5. The van der Waals surface area contributed by atoms with E-state index in [1.165, 1.54) is 19.1 Å². The van der Waals surface area contributed by atoms with E-state index in [-0.39, 0.29) is 30.6 Å². The van der Waals surface area contributed by atoms with E-state index < -0.39 is 17.7 Å². The second kappa shape index (κ2) is 10.6. The van der Waals surface area contributed by atoms with Crippen LogP contribution >= 0.6 is 0 Å². The van der Waals surface area contributed by atoms with Crippen molar-refractivity contribution >= 4 is 23.1 Å². The Hall–Kier alpha value is -3.52. The Morgan fingerprint density at radius 3 is 2.29 bits per heavy atom. The minimum atomic E-state index is -0.765. The lowest BCUT2D eigenvalue weighted by atomic mass is 9.94. The molecule has 1 heterocycles. The summed E-state index contributed by atoms with van der Waals surface area (Å²) in [6.07, 6.45) is -0.0155. The van der Waals surface area contributed by atoms with E-state index in [1.54, 1.807) is 18.2 Å². The summed E-state index contributed by atoms with van der Waals surface area (Å²) in [4.78, 5) is 29.7. The van der Waals surface area contributed by atoms with Gasteiger partial charge in [0.15, 0.2) is 0 Å². The SMILES string of the molecule is COc1ccc(/C(O)=C2/C(=O)C(=O)N(CCOC(C)C)C2c2ccc(N(C)C)cc2)c(OC)c1. The fourth-order valence-corrected chi connectivity index (χ4v) is 3.94.